The lowest BCUT2D eigenvalue weighted by Gasteiger charge is -2.07. The standard InChI is InChI=1S/C9H13NO2.CH5N/c1-11-8-4-3-7(6-10)9(5-8)12-2;1-2/h3-5H,6,10H2,1-2H3;2H2,1H3. The molecule has 0 atom stereocenters. The van der Waals surface area contributed by atoms with Crippen LogP contribution in [0.15, 0.2) is 18.2 Å². The Morgan fingerprint density at radius 2 is 1.79 bits per heavy atom. The number of hydrogen-bond acceptors (Lipinski definition) is 4. The molecule has 0 heterocycles. The maximum atomic E-state index is 5.50. The molecule has 4 nitrogen and oxygen atoms in total. The molecule has 0 saturated carbocycles. The molecule has 4 heteroatoms. The lowest BCUT2D eigenvalue weighted by molar-refractivity contribution is 0.391. The zero-order chi connectivity index (χ0) is 11.0. The van der Waals surface area contributed by atoms with Crippen LogP contribution < -0.4 is 20.9 Å². The summed E-state index contributed by atoms with van der Waals surface area (Å²) >= 11 is 0. The van der Waals surface area contributed by atoms with Gasteiger partial charge in [0.1, 0.15) is 11.5 Å². The molecule has 0 aliphatic carbocycles. The molecule has 0 spiro atoms. The summed E-state index contributed by atoms with van der Waals surface area (Å²) in [6.07, 6.45) is 0. The molecule has 0 amide bonds. The van der Waals surface area contributed by atoms with E-state index in [-0.39, 0.29) is 0 Å². The van der Waals surface area contributed by atoms with Crippen LogP contribution >= 0.6 is 0 Å². The van der Waals surface area contributed by atoms with E-state index in [0.29, 0.717) is 6.54 Å². The summed E-state index contributed by atoms with van der Waals surface area (Å²) in [5, 5.41) is 0. The molecule has 0 radical (unpaired) electrons. The fraction of sp³-hybridized carbons (Fsp3) is 0.400. The second kappa shape index (κ2) is 7.17. The van der Waals surface area contributed by atoms with Gasteiger partial charge < -0.3 is 20.9 Å². The second-order valence-corrected chi connectivity index (χ2v) is 2.38. The molecule has 4 N–H and O–H groups in total. The van der Waals surface area contributed by atoms with Crippen LogP contribution in [0.1, 0.15) is 5.56 Å². The molecule has 0 bridgehead atoms. The third-order valence-electron chi connectivity index (χ3n) is 1.71. The van der Waals surface area contributed by atoms with Gasteiger partial charge in [-0.15, -0.1) is 0 Å². The van der Waals surface area contributed by atoms with Crippen molar-refractivity contribution >= 4 is 0 Å². The van der Waals surface area contributed by atoms with E-state index in [0.717, 1.165) is 17.1 Å². The second-order valence-electron chi connectivity index (χ2n) is 2.38. The van der Waals surface area contributed by atoms with Crippen molar-refractivity contribution in [3.8, 4) is 11.5 Å². The Balaban J connectivity index is 0.000000791. The zero-order valence-electron chi connectivity index (χ0n) is 8.91. The molecule has 14 heavy (non-hydrogen) atoms. The molecule has 80 valence electrons. The van der Waals surface area contributed by atoms with E-state index < -0.39 is 0 Å². The first-order valence-electron chi connectivity index (χ1n) is 4.30. The van der Waals surface area contributed by atoms with Crippen molar-refractivity contribution in [3.05, 3.63) is 23.8 Å². The highest BCUT2D eigenvalue weighted by Gasteiger charge is 2.01. The molecular weight excluding hydrogens is 180 g/mol. The SMILES string of the molecule is CN.COc1ccc(CN)c(OC)c1. The van der Waals surface area contributed by atoms with E-state index in [4.69, 9.17) is 15.2 Å². The van der Waals surface area contributed by atoms with Gasteiger partial charge in [0.25, 0.3) is 0 Å². The van der Waals surface area contributed by atoms with Crippen LogP contribution in [0.25, 0.3) is 0 Å². The fourth-order valence-electron chi connectivity index (χ4n) is 1.02. The molecule has 0 aromatic heterocycles. The molecule has 0 aliphatic rings. The summed E-state index contributed by atoms with van der Waals surface area (Å²) in [6.45, 7) is 0.479. The van der Waals surface area contributed by atoms with Gasteiger partial charge in [-0.2, -0.15) is 0 Å². The topological polar surface area (TPSA) is 70.5 Å². The van der Waals surface area contributed by atoms with E-state index in [1.165, 1.54) is 7.05 Å². The number of hydrogen-bond donors (Lipinski definition) is 2. The molecule has 0 aliphatic heterocycles. The Morgan fingerprint density at radius 3 is 2.21 bits per heavy atom. The third-order valence-corrected chi connectivity index (χ3v) is 1.71. The van der Waals surface area contributed by atoms with Crippen LogP contribution in [-0.4, -0.2) is 21.3 Å². The number of nitrogens with two attached hydrogens (primary N) is 2. The van der Waals surface area contributed by atoms with E-state index in [9.17, 15) is 0 Å². The first-order valence-corrected chi connectivity index (χ1v) is 4.30. The van der Waals surface area contributed by atoms with E-state index >= 15 is 0 Å². The minimum absolute atomic E-state index is 0.479. The predicted octanol–water partition coefficient (Wildman–Crippen LogP) is 0.737. The highest BCUT2D eigenvalue weighted by atomic mass is 16.5. The number of rotatable bonds is 3. The minimum Gasteiger partial charge on any atom is -0.497 e. The summed E-state index contributed by atoms with van der Waals surface area (Å²) in [6, 6.07) is 5.59. The summed E-state index contributed by atoms with van der Waals surface area (Å²) in [5.74, 6) is 1.56. The Hall–Kier alpha value is -1.26. The first-order chi connectivity index (χ1) is 6.81. The quantitative estimate of drug-likeness (QED) is 0.751. The average molecular weight is 198 g/mol. The zero-order valence-corrected chi connectivity index (χ0v) is 8.91. The van der Waals surface area contributed by atoms with Crippen LogP contribution in [0.3, 0.4) is 0 Å². The molecule has 1 aromatic rings. The van der Waals surface area contributed by atoms with Crippen LogP contribution in [0.2, 0.25) is 0 Å². The first kappa shape index (κ1) is 12.7. The van der Waals surface area contributed by atoms with Crippen LogP contribution in [0, 0.1) is 0 Å². The molecule has 0 fully saturated rings. The molecule has 0 saturated heterocycles. The van der Waals surface area contributed by atoms with Gasteiger partial charge in [0.05, 0.1) is 14.2 Å². The van der Waals surface area contributed by atoms with E-state index in [1.807, 2.05) is 18.2 Å². The number of ether oxygens (including phenoxy) is 2. The van der Waals surface area contributed by atoms with Crippen molar-refractivity contribution in [2.75, 3.05) is 21.3 Å². The van der Waals surface area contributed by atoms with Gasteiger partial charge in [0.2, 0.25) is 0 Å². The Morgan fingerprint density at radius 1 is 1.14 bits per heavy atom. The average Bonchev–Trinajstić information content (AvgIpc) is 2.30. The van der Waals surface area contributed by atoms with Crippen LogP contribution in [-0.2, 0) is 6.54 Å². The van der Waals surface area contributed by atoms with Gasteiger partial charge in [0, 0.05) is 18.2 Å². The lowest BCUT2D eigenvalue weighted by atomic mass is 10.2. The Kier molecular flexibility index (Phi) is 6.53. The van der Waals surface area contributed by atoms with Crippen molar-refractivity contribution in [1.29, 1.82) is 0 Å². The third kappa shape index (κ3) is 3.24. The molecule has 1 aromatic carbocycles. The molecular formula is C10H18N2O2. The van der Waals surface area contributed by atoms with Crippen LogP contribution in [0.4, 0.5) is 0 Å². The highest BCUT2D eigenvalue weighted by Crippen LogP contribution is 2.23. The van der Waals surface area contributed by atoms with Gasteiger partial charge >= 0.3 is 0 Å². The Bertz CT molecular complexity index is 264. The fourth-order valence-corrected chi connectivity index (χ4v) is 1.02. The number of benzene rings is 1. The highest BCUT2D eigenvalue weighted by molar-refractivity contribution is 5.40. The van der Waals surface area contributed by atoms with Crippen molar-refractivity contribution in [3.63, 3.8) is 0 Å². The summed E-state index contributed by atoms with van der Waals surface area (Å²) < 4.78 is 10.2. The summed E-state index contributed by atoms with van der Waals surface area (Å²) in [4.78, 5) is 0. The minimum atomic E-state index is 0.479. The van der Waals surface area contributed by atoms with Crippen molar-refractivity contribution in [2.24, 2.45) is 11.5 Å². The molecule has 0 unspecified atom stereocenters. The lowest BCUT2D eigenvalue weighted by Crippen LogP contribution is -1.99. The maximum Gasteiger partial charge on any atom is 0.127 e. The van der Waals surface area contributed by atoms with E-state index in [2.05, 4.69) is 5.73 Å². The van der Waals surface area contributed by atoms with Crippen LogP contribution in [0.5, 0.6) is 11.5 Å². The van der Waals surface area contributed by atoms with Crippen molar-refractivity contribution in [2.45, 2.75) is 6.54 Å². The summed E-state index contributed by atoms with van der Waals surface area (Å²) in [7, 11) is 4.74. The van der Waals surface area contributed by atoms with Gasteiger partial charge in [-0.1, -0.05) is 6.07 Å². The van der Waals surface area contributed by atoms with Crippen molar-refractivity contribution < 1.29 is 9.47 Å². The normalized spacial score (nSPS) is 8.64. The van der Waals surface area contributed by atoms with Gasteiger partial charge in [-0.3, -0.25) is 0 Å². The van der Waals surface area contributed by atoms with E-state index in [1.54, 1.807) is 14.2 Å². The van der Waals surface area contributed by atoms with Gasteiger partial charge in [0.15, 0.2) is 0 Å². The Labute approximate surface area is 84.8 Å². The summed E-state index contributed by atoms with van der Waals surface area (Å²) in [5.41, 5.74) is 11.0. The van der Waals surface area contributed by atoms with Gasteiger partial charge in [-0.05, 0) is 13.1 Å². The largest absolute Gasteiger partial charge is 0.497 e. The van der Waals surface area contributed by atoms with Crippen molar-refractivity contribution in [1.82, 2.24) is 0 Å². The predicted molar refractivity (Wildman–Crippen MR) is 57.5 cm³/mol. The van der Waals surface area contributed by atoms with Gasteiger partial charge in [-0.25, -0.2) is 0 Å². The maximum absolute atomic E-state index is 5.50. The smallest absolute Gasteiger partial charge is 0.127 e. The molecule has 1 rings (SSSR count). The monoisotopic (exact) mass is 198 g/mol. The number of methoxy groups -OCH3 is 2.